The van der Waals surface area contributed by atoms with Gasteiger partial charge >= 0.3 is 0 Å². The third kappa shape index (κ3) is 5.33. The lowest BCUT2D eigenvalue weighted by Gasteiger charge is -2.15. The predicted octanol–water partition coefficient (Wildman–Crippen LogP) is 2.97. The van der Waals surface area contributed by atoms with Crippen molar-refractivity contribution in [1.82, 2.24) is 4.90 Å². The van der Waals surface area contributed by atoms with E-state index in [0.717, 1.165) is 43.7 Å². The maximum absolute atomic E-state index is 6.23. The fraction of sp³-hybridized carbons (Fsp3) is 0.625. The van der Waals surface area contributed by atoms with Gasteiger partial charge in [0.15, 0.2) is 0 Å². The first-order valence-electron chi connectivity index (χ1n) is 7.49. The van der Waals surface area contributed by atoms with E-state index in [9.17, 15) is 0 Å². The smallest absolute Gasteiger partial charge is 0.119 e. The second-order valence-electron chi connectivity index (χ2n) is 5.94. The molecule has 0 unspecified atom stereocenters. The number of halogens is 2. The van der Waals surface area contributed by atoms with Crippen molar-refractivity contribution in [3.63, 3.8) is 0 Å². The Morgan fingerprint density at radius 1 is 1.10 bits per heavy atom. The molecule has 5 heteroatoms. The molecule has 0 amide bonds. The average Bonchev–Trinajstić information content (AvgIpc) is 3.20. The van der Waals surface area contributed by atoms with E-state index in [1.165, 1.54) is 19.4 Å². The van der Waals surface area contributed by atoms with Crippen LogP contribution in [-0.4, -0.2) is 37.2 Å². The van der Waals surface area contributed by atoms with Crippen LogP contribution in [0, 0.1) is 11.8 Å². The second-order valence-corrected chi connectivity index (χ2v) is 5.94. The summed E-state index contributed by atoms with van der Waals surface area (Å²) in [5.74, 6) is 2.66. The summed E-state index contributed by atoms with van der Waals surface area (Å²) >= 11 is 0. The van der Waals surface area contributed by atoms with E-state index in [2.05, 4.69) is 4.90 Å². The van der Waals surface area contributed by atoms with Crippen LogP contribution in [0.15, 0.2) is 30.3 Å². The normalized spacial score (nSPS) is 25.0. The van der Waals surface area contributed by atoms with Crippen LogP contribution >= 0.6 is 24.8 Å². The lowest BCUT2D eigenvalue weighted by molar-refractivity contribution is 0.256. The van der Waals surface area contributed by atoms with Crippen LogP contribution in [0.1, 0.15) is 19.3 Å². The van der Waals surface area contributed by atoms with E-state index in [4.69, 9.17) is 10.5 Å². The average molecular weight is 333 g/mol. The lowest BCUT2D eigenvalue weighted by atomic mass is 9.99. The van der Waals surface area contributed by atoms with Gasteiger partial charge in [-0.3, -0.25) is 0 Å². The van der Waals surface area contributed by atoms with Crippen LogP contribution in [0.3, 0.4) is 0 Å². The van der Waals surface area contributed by atoms with E-state index < -0.39 is 0 Å². The molecule has 0 bridgehead atoms. The highest BCUT2D eigenvalue weighted by Crippen LogP contribution is 2.40. The summed E-state index contributed by atoms with van der Waals surface area (Å²) in [4.78, 5) is 2.52. The fourth-order valence-corrected chi connectivity index (χ4v) is 3.14. The SMILES string of the molecule is Cl.Cl.N[C@H]1CN(CCCOc2ccccc2)C[C@@H]1C1CC1. The molecule has 1 aliphatic heterocycles. The topological polar surface area (TPSA) is 38.5 Å². The number of nitrogens with two attached hydrogens (primary N) is 1. The highest BCUT2D eigenvalue weighted by atomic mass is 35.5. The summed E-state index contributed by atoms with van der Waals surface area (Å²) in [7, 11) is 0. The summed E-state index contributed by atoms with van der Waals surface area (Å²) < 4.78 is 5.72. The number of hydrogen-bond donors (Lipinski definition) is 1. The molecule has 1 saturated carbocycles. The zero-order chi connectivity index (χ0) is 13.1. The standard InChI is InChI=1S/C16H24N2O.2ClH/c17-16-12-18(11-15(16)13-7-8-13)9-4-10-19-14-5-2-1-3-6-14;;/h1-3,5-6,13,15-16H,4,7-12,17H2;2*1H/t15-,16+;;/m1../s1. The van der Waals surface area contributed by atoms with Crippen molar-refractivity contribution in [3.05, 3.63) is 30.3 Å². The van der Waals surface area contributed by atoms with Crippen LogP contribution < -0.4 is 10.5 Å². The number of ether oxygens (including phenoxy) is 1. The number of likely N-dealkylation sites (tertiary alicyclic amines) is 1. The molecule has 1 aliphatic carbocycles. The Kier molecular flexibility index (Phi) is 7.82. The molecular weight excluding hydrogens is 307 g/mol. The molecule has 3 rings (SSSR count). The zero-order valence-corrected chi connectivity index (χ0v) is 14.0. The maximum Gasteiger partial charge on any atom is 0.119 e. The first-order chi connectivity index (χ1) is 9.33. The molecule has 0 aromatic heterocycles. The summed E-state index contributed by atoms with van der Waals surface area (Å²) in [5, 5.41) is 0. The van der Waals surface area contributed by atoms with Crippen molar-refractivity contribution < 1.29 is 4.74 Å². The van der Waals surface area contributed by atoms with Crippen LogP contribution in [-0.2, 0) is 0 Å². The first kappa shape index (κ1) is 18.6. The highest BCUT2D eigenvalue weighted by Gasteiger charge is 2.40. The zero-order valence-electron chi connectivity index (χ0n) is 12.3. The minimum atomic E-state index is 0. The van der Waals surface area contributed by atoms with Crippen molar-refractivity contribution in [2.45, 2.75) is 25.3 Å². The number of rotatable bonds is 6. The number of benzene rings is 1. The molecule has 120 valence electrons. The van der Waals surface area contributed by atoms with Crippen LogP contribution in [0.5, 0.6) is 5.75 Å². The minimum absolute atomic E-state index is 0. The summed E-state index contributed by atoms with van der Waals surface area (Å²) in [6, 6.07) is 10.5. The highest BCUT2D eigenvalue weighted by molar-refractivity contribution is 5.85. The van der Waals surface area contributed by atoms with Gasteiger partial charge in [-0.2, -0.15) is 0 Å². The van der Waals surface area contributed by atoms with Gasteiger partial charge in [-0.15, -0.1) is 24.8 Å². The Morgan fingerprint density at radius 2 is 1.81 bits per heavy atom. The van der Waals surface area contributed by atoms with Gasteiger partial charge in [-0.25, -0.2) is 0 Å². The van der Waals surface area contributed by atoms with E-state index >= 15 is 0 Å². The van der Waals surface area contributed by atoms with Crippen LogP contribution in [0.2, 0.25) is 0 Å². The van der Waals surface area contributed by atoms with Gasteiger partial charge in [0.05, 0.1) is 6.61 Å². The Hall–Kier alpha value is -0.480. The van der Waals surface area contributed by atoms with Gasteiger partial charge in [-0.05, 0) is 43.2 Å². The number of nitrogens with zero attached hydrogens (tertiary/aromatic N) is 1. The van der Waals surface area contributed by atoms with Crippen molar-refractivity contribution in [2.75, 3.05) is 26.2 Å². The van der Waals surface area contributed by atoms with Gasteiger partial charge < -0.3 is 15.4 Å². The molecule has 2 N–H and O–H groups in total. The molecular formula is C16H26Cl2N2O. The Balaban J connectivity index is 0.00000110. The fourth-order valence-electron chi connectivity index (χ4n) is 3.14. The summed E-state index contributed by atoms with van der Waals surface area (Å²) in [6.45, 7) is 4.19. The Morgan fingerprint density at radius 3 is 2.48 bits per heavy atom. The third-order valence-electron chi connectivity index (χ3n) is 4.35. The van der Waals surface area contributed by atoms with Crippen molar-refractivity contribution in [1.29, 1.82) is 0 Å². The monoisotopic (exact) mass is 332 g/mol. The molecule has 2 fully saturated rings. The Labute approximate surface area is 140 Å². The second kappa shape index (κ2) is 8.84. The van der Waals surface area contributed by atoms with Crippen molar-refractivity contribution in [3.8, 4) is 5.75 Å². The molecule has 3 nitrogen and oxygen atoms in total. The minimum Gasteiger partial charge on any atom is -0.494 e. The van der Waals surface area contributed by atoms with Gasteiger partial charge in [-0.1, -0.05) is 18.2 Å². The third-order valence-corrected chi connectivity index (χ3v) is 4.35. The van der Waals surface area contributed by atoms with Gasteiger partial charge in [0.2, 0.25) is 0 Å². The number of hydrogen-bond acceptors (Lipinski definition) is 3. The molecule has 1 saturated heterocycles. The lowest BCUT2D eigenvalue weighted by Crippen LogP contribution is -2.30. The molecule has 1 aromatic rings. The van der Waals surface area contributed by atoms with E-state index in [0.29, 0.717) is 6.04 Å². The Bertz CT molecular complexity index is 401. The summed E-state index contributed by atoms with van der Waals surface area (Å²) in [5.41, 5.74) is 6.23. The molecule has 0 spiro atoms. The molecule has 1 heterocycles. The quantitative estimate of drug-likeness (QED) is 0.814. The molecule has 0 radical (unpaired) electrons. The predicted molar refractivity (Wildman–Crippen MR) is 91.7 cm³/mol. The van der Waals surface area contributed by atoms with E-state index in [-0.39, 0.29) is 24.8 Å². The van der Waals surface area contributed by atoms with E-state index in [1.807, 2.05) is 30.3 Å². The molecule has 2 atom stereocenters. The van der Waals surface area contributed by atoms with Crippen LogP contribution in [0.4, 0.5) is 0 Å². The summed E-state index contributed by atoms with van der Waals surface area (Å²) in [6.07, 6.45) is 3.89. The largest absolute Gasteiger partial charge is 0.494 e. The maximum atomic E-state index is 6.23. The molecule has 1 aromatic carbocycles. The van der Waals surface area contributed by atoms with Crippen molar-refractivity contribution >= 4 is 24.8 Å². The number of para-hydroxylation sites is 1. The molecule has 21 heavy (non-hydrogen) atoms. The van der Waals surface area contributed by atoms with Gasteiger partial charge in [0.1, 0.15) is 5.75 Å². The van der Waals surface area contributed by atoms with E-state index in [1.54, 1.807) is 0 Å². The van der Waals surface area contributed by atoms with Crippen LogP contribution in [0.25, 0.3) is 0 Å². The molecule has 2 aliphatic rings. The van der Waals surface area contributed by atoms with Crippen molar-refractivity contribution in [2.24, 2.45) is 17.6 Å². The first-order valence-corrected chi connectivity index (χ1v) is 7.49. The van der Waals surface area contributed by atoms with Gasteiger partial charge in [0.25, 0.3) is 0 Å². The van der Waals surface area contributed by atoms with Gasteiger partial charge in [0, 0.05) is 25.7 Å².